The molecule has 24 heavy (non-hydrogen) atoms. The summed E-state index contributed by atoms with van der Waals surface area (Å²) in [4.78, 5) is 4.40. The van der Waals surface area contributed by atoms with Crippen LogP contribution in [0.25, 0.3) is 0 Å². The molecule has 0 radical (unpaired) electrons. The number of benzene rings is 1. The molecular formula is C19H29N3OS. The minimum atomic E-state index is 0.191. The lowest BCUT2D eigenvalue weighted by molar-refractivity contribution is 0.403. The van der Waals surface area contributed by atoms with Crippen LogP contribution in [-0.4, -0.2) is 43.7 Å². The first-order chi connectivity index (χ1) is 11.6. The molecule has 0 amide bonds. The monoisotopic (exact) mass is 347 g/mol. The van der Waals surface area contributed by atoms with Gasteiger partial charge in [0.2, 0.25) is 0 Å². The number of ether oxygens (including phenoxy) is 1. The highest BCUT2D eigenvalue weighted by Crippen LogP contribution is 2.50. The minimum Gasteiger partial charge on any atom is -0.496 e. The zero-order valence-electron chi connectivity index (χ0n) is 15.0. The number of rotatable bonds is 6. The van der Waals surface area contributed by atoms with Gasteiger partial charge >= 0.3 is 0 Å². The van der Waals surface area contributed by atoms with Crippen LogP contribution in [0.3, 0.4) is 0 Å². The summed E-state index contributed by atoms with van der Waals surface area (Å²) in [6.07, 6.45) is 5.01. The van der Waals surface area contributed by atoms with Crippen LogP contribution in [0.4, 0.5) is 0 Å². The third kappa shape index (κ3) is 3.82. The molecule has 1 saturated carbocycles. The highest BCUT2D eigenvalue weighted by molar-refractivity contribution is 8.00. The summed E-state index contributed by atoms with van der Waals surface area (Å²) in [7, 11) is 3.60. The average Bonchev–Trinajstić information content (AvgIpc) is 3.28. The van der Waals surface area contributed by atoms with Crippen LogP contribution in [0.2, 0.25) is 0 Å². The molecule has 0 spiro atoms. The van der Waals surface area contributed by atoms with Gasteiger partial charge in [-0.05, 0) is 44.4 Å². The Hall–Kier alpha value is -1.36. The first-order valence-corrected chi connectivity index (χ1v) is 9.81. The van der Waals surface area contributed by atoms with Gasteiger partial charge < -0.3 is 15.4 Å². The minimum absolute atomic E-state index is 0.191. The summed E-state index contributed by atoms with van der Waals surface area (Å²) in [5.41, 5.74) is 1.50. The average molecular weight is 348 g/mol. The number of hydrogen-bond acceptors (Lipinski definition) is 3. The van der Waals surface area contributed by atoms with Crippen molar-refractivity contribution in [2.24, 2.45) is 4.99 Å². The topological polar surface area (TPSA) is 45.7 Å². The number of para-hydroxylation sites is 1. The van der Waals surface area contributed by atoms with E-state index >= 15 is 0 Å². The van der Waals surface area contributed by atoms with Crippen LogP contribution in [-0.2, 0) is 5.41 Å². The largest absolute Gasteiger partial charge is 0.496 e. The Morgan fingerprint density at radius 3 is 2.58 bits per heavy atom. The lowest BCUT2D eigenvalue weighted by atomic mass is 9.95. The van der Waals surface area contributed by atoms with Crippen molar-refractivity contribution < 1.29 is 4.74 Å². The van der Waals surface area contributed by atoms with Crippen molar-refractivity contribution in [2.75, 3.05) is 33.0 Å². The van der Waals surface area contributed by atoms with Crippen molar-refractivity contribution in [3.63, 3.8) is 0 Å². The molecule has 2 aliphatic rings. The van der Waals surface area contributed by atoms with Crippen LogP contribution >= 0.6 is 11.8 Å². The Kier molecular flexibility index (Phi) is 5.28. The number of aliphatic imine (C=N–C) groups is 1. The van der Waals surface area contributed by atoms with E-state index in [1.165, 1.54) is 37.0 Å². The Bertz CT molecular complexity index is 592. The van der Waals surface area contributed by atoms with Crippen molar-refractivity contribution in [3.8, 4) is 5.75 Å². The van der Waals surface area contributed by atoms with Gasteiger partial charge in [0.1, 0.15) is 5.75 Å². The maximum atomic E-state index is 5.56. The SMILES string of the molecule is CN=C(NCC1(C)CCCS1)NCC1(c2ccccc2OC)CC1. The summed E-state index contributed by atoms with van der Waals surface area (Å²) in [5.74, 6) is 3.18. The van der Waals surface area contributed by atoms with E-state index in [1.54, 1.807) is 7.11 Å². The zero-order chi connectivity index (χ0) is 17.0. The molecule has 132 valence electrons. The smallest absolute Gasteiger partial charge is 0.191 e. The number of guanidine groups is 1. The molecular weight excluding hydrogens is 318 g/mol. The Balaban J connectivity index is 1.57. The standard InChI is InChI=1S/C19H29N3OS/c1-18(9-6-12-24-18)13-21-17(20-2)22-14-19(10-11-19)15-7-4-5-8-16(15)23-3/h4-5,7-8H,6,9-14H2,1-3H3,(H2,20,21,22). The number of methoxy groups -OCH3 is 1. The number of thioether (sulfide) groups is 1. The first kappa shape index (κ1) is 17.5. The van der Waals surface area contributed by atoms with Crippen LogP contribution < -0.4 is 15.4 Å². The fourth-order valence-corrected chi connectivity index (χ4v) is 4.74. The molecule has 0 bridgehead atoms. The highest BCUT2D eigenvalue weighted by Gasteiger charge is 2.46. The molecule has 1 unspecified atom stereocenters. The van der Waals surface area contributed by atoms with Crippen molar-refractivity contribution >= 4 is 17.7 Å². The Morgan fingerprint density at radius 2 is 1.96 bits per heavy atom. The molecule has 1 aliphatic carbocycles. The molecule has 0 aromatic heterocycles. The molecule has 1 aromatic carbocycles. The third-order valence-corrected chi connectivity index (χ3v) is 6.82. The van der Waals surface area contributed by atoms with Gasteiger partial charge in [0.05, 0.1) is 7.11 Å². The van der Waals surface area contributed by atoms with E-state index in [0.29, 0.717) is 4.75 Å². The van der Waals surface area contributed by atoms with Crippen LogP contribution in [0.1, 0.15) is 38.2 Å². The molecule has 3 rings (SSSR count). The van der Waals surface area contributed by atoms with Gasteiger partial charge in [-0.2, -0.15) is 11.8 Å². The number of nitrogens with zero attached hydrogens (tertiary/aromatic N) is 1. The van der Waals surface area contributed by atoms with Crippen LogP contribution in [0, 0.1) is 0 Å². The van der Waals surface area contributed by atoms with Crippen molar-refractivity contribution in [2.45, 2.75) is 42.8 Å². The van der Waals surface area contributed by atoms with Crippen molar-refractivity contribution in [1.82, 2.24) is 10.6 Å². The highest BCUT2D eigenvalue weighted by atomic mass is 32.2. The van der Waals surface area contributed by atoms with Gasteiger partial charge in [-0.1, -0.05) is 18.2 Å². The lowest BCUT2D eigenvalue weighted by Crippen LogP contribution is -2.45. The normalized spacial score (nSPS) is 25.4. The first-order valence-electron chi connectivity index (χ1n) is 8.83. The Morgan fingerprint density at radius 1 is 1.21 bits per heavy atom. The van der Waals surface area contributed by atoms with Gasteiger partial charge in [-0.3, -0.25) is 4.99 Å². The molecule has 4 nitrogen and oxygen atoms in total. The van der Waals surface area contributed by atoms with Gasteiger partial charge in [-0.25, -0.2) is 0 Å². The second kappa shape index (κ2) is 7.26. The van der Waals surface area contributed by atoms with Crippen LogP contribution in [0.5, 0.6) is 5.75 Å². The van der Waals surface area contributed by atoms with Gasteiger partial charge in [0.15, 0.2) is 5.96 Å². The molecule has 1 aromatic rings. The van der Waals surface area contributed by atoms with Gasteiger partial charge in [-0.15, -0.1) is 0 Å². The fourth-order valence-electron chi connectivity index (χ4n) is 3.50. The van der Waals surface area contributed by atoms with E-state index in [4.69, 9.17) is 4.74 Å². The van der Waals surface area contributed by atoms with Gasteiger partial charge in [0.25, 0.3) is 0 Å². The second-order valence-corrected chi connectivity index (χ2v) is 8.84. The maximum absolute atomic E-state index is 5.56. The molecule has 1 saturated heterocycles. The summed E-state index contributed by atoms with van der Waals surface area (Å²) in [6, 6.07) is 8.38. The second-order valence-electron chi connectivity index (χ2n) is 7.16. The van der Waals surface area contributed by atoms with E-state index in [-0.39, 0.29) is 5.41 Å². The quantitative estimate of drug-likeness (QED) is 0.613. The molecule has 1 aliphatic heterocycles. The third-order valence-electron chi connectivity index (χ3n) is 5.28. The Labute approximate surface area is 149 Å². The number of hydrogen-bond donors (Lipinski definition) is 2. The maximum Gasteiger partial charge on any atom is 0.191 e. The number of nitrogens with one attached hydrogen (secondary N) is 2. The van der Waals surface area contributed by atoms with Crippen molar-refractivity contribution in [1.29, 1.82) is 0 Å². The molecule has 5 heteroatoms. The van der Waals surface area contributed by atoms with E-state index in [0.717, 1.165) is 24.8 Å². The van der Waals surface area contributed by atoms with E-state index in [1.807, 2.05) is 13.1 Å². The summed E-state index contributed by atoms with van der Waals surface area (Å²) in [6.45, 7) is 4.22. The zero-order valence-corrected chi connectivity index (χ0v) is 15.8. The fraction of sp³-hybridized carbons (Fsp3) is 0.632. The van der Waals surface area contributed by atoms with E-state index < -0.39 is 0 Å². The molecule has 2 fully saturated rings. The lowest BCUT2D eigenvalue weighted by Gasteiger charge is -2.25. The predicted molar refractivity (Wildman–Crippen MR) is 103 cm³/mol. The van der Waals surface area contributed by atoms with Crippen molar-refractivity contribution in [3.05, 3.63) is 29.8 Å². The van der Waals surface area contributed by atoms with Gasteiger partial charge in [0, 0.05) is 35.9 Å². The summed E-state index contributed by atoms with van der Waals surface area (Å²) >= 11 is 2.07. The van der Waals surface area contributed by atoms with E-state index in [2.05, 4.69) is 52.5 Å². The summed E-state index contributed by atoms with van der Waals surface area (Å²) in [5, 5.41) is 7.06. The molecule has 2 N–H and O–H groups in total. The van der Waals surface area contributed by atoms with E-state index in [9.17, 15) is 0 Å². The van der Waals surface area contributed by atoms with Crippen LogP contribution in [0.15, 0.2) is 29.3 Å². The summed E-state index contributed by atoms with van der Waals surface area (Å²) < 4.78 is 5.90. The predicted octanol–water partition coefficient (Wildman–Crippen LogP) is 3.18. The molecule has 1 atom stereocenters. The molecule has 1 heterocycles.